The van der Waals surface area contributed by atoms with Gasteiger partial charge in [0.2, 0.25) is 0 Å². The van der Waals surface area contributed by atoms with Crippen molar-refractivity contribution in [3.8, 4) is 5.75 Å². The second-order valence-electron chi connectivity index (χ2n) is 4.56. The van der Waals surface area contributed by atoms with E-state index in [1.165, 1.54) is 17.0 Å². The molecule has 3 rings (SSSR count). The molecule has 6 heteroatoms. The predicted molar refractivity (Wildman–Crippen MR) is 80.7 cm³/mol. The third kappa shape index (κ3) is 2.46. The van der Waals surface area contributed by atoms with E-state index in [1.54, 1.807) is 37.4 Å². The fourth-order valence-electron chi connectivity index (χ4n) is 2.38. The number of nitrogens with zero attached hydrogens (tertiary/aromatic N) is 1. The summed E-state index contributed by atoms with van der Waals surface area (Å²) in [5.74, 6) is -0.0638. The lowest BCUT2D eigenvalue weighted by Crippen LogP contribution is -2.27. The number of hydrogen-bond donors (Lipinski definition) is 1. The maximum Gasteiger partial charge on any atom is 0.253 e. The molecule has 0 spiro atoms. The number of fused-ring (bicyclic) bond motifs is 1. The smallest absolute Gasteiger partial charge is 0.253 e. The molecule has 0 bridgehead atoms. The summed E-state index contributed by atoms with van der Waals surface area (Å²) in [6.07, 6.45) is 0. The molecule has 0 fully saturated rings. The molecule has 21 heavy (non-hydrogen) atoms. The minimum absolute atomic E-state index is 0. The molecule has 110 valence electrons. The second kappa shape index (κ2) is 5.71. The van der Waals surface area contributed by atoms with E-state index in [0.29, 0.717) is 22.7 Å². The van der Waals surface area contributed by atoms with Gasteiger partial charge in [-0.15, -0.1) is 12.4 Å². The van der Waals surface area contributed by atoms with Gasteiger partial charge in [-0.2, -0.15) is 0 Å². The topological polar surface area (TPSA) is 55.6 Å². The van der Waals surface area contributed by atoms with E-state index < -0.39 is 11.9 Å². The Balaban J connectivity index is 0.00000161. The average molecular weight is 309 g/mol. The number of nitrogens with two attached hydrogens (primary N) is 1. The number of carbonyl (C=O) groups is 1. The Kier molecular flexibility index (Phi) is 4.16. The summed E-state index contributed by atoms with van der Waals surface area (Å²) in [4.78, 5) is 13.7. The van der Waals surface area contributed by atoms with Crippen molar-refractivity contribution in [1.82, 2.24) is 0 Å². The van der Waals surface area contributed by atoms with Gasteiger partial charge in [0.15, 0.2) is 0 Å². The van der Waals surface area contributed by atoms with Gasteiger partial charge in [0.05, 0.1) is 18.5 Å². The van der Waals surface area contributed by atoms with Crippen LogP contribution < -0.4 is 15.4 Å². The van der Waals surface area contributed by atoms with Gasteiger partial charge in [-0.1, -0.05) is 12.1 Å². The first-order valence-electron chi connectivity index (χ1n) is 6.15. The quantitative estimate of drug-likeness (QED) is 0.928. The van der Waals surface area contributed by atoms with Crippen LogP contribution in [0, 0.1) is 5.82 Å². The number of halogens is 2. The zero-order valence-corrected chi connectivity index (χ0v) is 12.1. The summed E-state index contributed by atoms with van der Waals surface area (Å²) >= 11 is 0. The molecule has 1 amide bonds. The van der Waals surface area contributed by atoms with Crippen LogP contribution in [-0.2, 0) is 4.79 Å². The summed E-state index contributed by atoms with van der Waals surface area (Å²) in [7, 11) is 1.55. The third-order valence-corrected chi connectivity index (χ3v) is 3.37. The average Bonchev–Trinajstić information content (AvgIpc) is 2.70. The Hall–Kier alpha value is -2.11. The molecule has 1 heterocycles. The molecule has 2 aromatic rings. The number of carbonyl (C=O) groups excluding carboxylic acids is 1. The van der Waals surface area contributed by atoms with E-state index in [-0.39, 0.29) is 18.3 Å². The van der Waals surface area contributed by atoms with E-state index in [2.05, 4.69) is 0 Å². The maximum absolute atomic E-state index is 13.4. The summed E-state index contributed by atoms with van der Waals surface area (Å²) in [5.41, 5.74) is 7.72. The number of amides is 1. The minimum atomic E-state index is -0.737. The number of rotatable bonds is 2. The van der Waals surface area contributed by atoms with Crippen LogP contribution in [0.3, 0.4) is 0 Å². The Bertz CT molecular complexity index is 693. The number of anilines is 2. The Morgan fingerprint density at radius 2 is 2.00 bits per heavy atom. The summed E-state index contributed by atoms with van der Waals surface area (Å²) in [6.45, 7) is 0. The van der Waals surface area contributed by atoms with Crippen molar-refractivity contribution >= 4 is 29.7 Å². The highest BCUT2D eigenvalue weighted by atomic mass is 35.5. The van der Waals surface area contributed by atoms with Gasteiger partial charge in [0, 0.05) is 11.6 Å². The van der Waals surface area contributed by atoms with Crippen LogP contribution >= 0.6 is 12.4 Å². The van der Waals surface area contributed by atoms with Crippen molar-refractivity contribution in [3.63, 3.8) is 0 Å². The lowest BCUT2D eigenvalue weighted by molar-refractivity contribution is -0.118. The maximum atomic E-state index is 13.4. The molecule has 4 nitrogen and oxygen atoms in total. The van der Waals surface area contributed by atoms with E-state index >= 15 is 0 Å². The first-order chi connectivity index (χ1) is 9.61. The number of methoxy groups -OCH3 is 1. The number of hydrogen-bond acceptors (Lipinski definition) is 3. The van der Waals surface area contributed by atoms with Gasteiger partial charge in [0.25, 0.3) is 5.91 Å². The highest BCUT2D eigenvalue weighted by Crippen LogP contribution is 2.41. The zero-order valence-electron chi connectivity index (χ0n) is 11.2. The van der Waals surface area contributed by atoms with Crippen molar-refractivity contribution in [3.05, 3.63) is 53.8 Å². The Morgan fingerprint density at radius 3 is 2.67 bits per heavy atom. The molecule has 1 unspecified atom stereocenters. The fourth-order valence-corrected chi connectivity index (χ4v) is 2.38. The largest absolute Gasteiger partial charge is 0.497 e. The van der Waals surface area contributed by atoms with Gasteiger partial charge >= 0.3 is 0 Å². The minimum Gasteiger partial charge on any atom is -0.497 e. The van der Waals surface area contributed by atoms with Crippen molar-refractivity contribution in [2.24, 2.45) is 5.73 Å². The molecule has 0 saturated heterocycles. The molecular weight excluding hydrogens is 295 g/mol. The van der Waals surface area contributed by atoms with Crippen LogP contribution in [0.25, 0.3) is 0 Å². The van der Waals surface area contributed by atoms with Crippen molar-refractivity contribution in [2.75, 3.05) is 12.0 Å². The van der Waals surface area contributed by atoms with Gasteiger partial charge in [-0.05, 0) is 24.3 Å². The fraction of sp³-hybridized carbons (Fsp3) is 0.133. The number of benzene rings is 2. The lowest BCUT2D eigenvalue weighted by Gasteiger charge is -2.18. The molecule has 0 saturated carbocycles. The van der Waals surface area contributed by atoms with Crippen LogP contribution in [0.4, 0.5) is 15.8 Å². The van der Waals surface area contributed by atoms with Crippen LogP contribution in [-0.4, -0.2) is 13.0 Å². The highest BCUT2D eigenvalue weighted by molar-refractivity contribution is 6.10. The Morgan fingerprint density at radius 1 is 1.24 bits per heavy atom. The first kappa shape index (κ1) is 15.3. The molecular formula is C15H14ClFN2O2. The first-order valence-corrected chi connectivity index (χ1v) is 6.15. The monoisotopic (exact) mass is 308 g/mol. The highest BCUT2D eigenvalue weighted by Gasteiger charge is 2.36. The van der Waals surface area contributed by atoms with E-state index in [9.17, 15) is 9.18 Å². The summed E-state index contributed by atoms with van der Waals surface area (Å²) in [6, 6.07) is 10.4. The summed E-state index contributed by atoms with van der Waals surface area (Å²) in [5, 5.41) is 0. The molecule has 1 atom stereocenters. The normalized spacial score (nSPS) is 16.4. The van der Waals surface area contributed by atoms with Crippen molar-refractivity contribution in [1.29, 1.82) is 0 Å². The zero-order chi connectivity index (χ0) is 14.3. The van der Waals surface area contributed by atoms with Gasteiger partial charge in [0.1, 0.15) is 17.6 Å². The molecule has 2 N–H and O–H groups in total. The molecule has 0 radical (unpaired) electrons. The molecule has 2 aromatic carbocycles. The van der Waals surface area contributed by atoms with E-state index in [0.717, 1.165) is 0 Å². The van der Waals surface area contributed by atoms with Crippen LogP contribution in [0.1, 0.15) is 11.6 Å². The van der Waals surface area contributed by atoms with Crippen LogP contribution in [0.2, 0.25) is 0 Å². The van der Waals surface area contributed by atoms with Crippen LogP contribution in [0.5, 0.6) is 5.75 Å². The predicted octanol–water partition coefficient (Wildman–Crippen LogP) is 2.93. The molecule has 1 aliphatic heterocycles. The van der Waals surface area contributed by atoms with Gasteiger partial charge in [-0.3, -0.25) is 9.69 Å². The molecule has 0 aromatic heterocycles. The molecule has 1 aliphatic rings. The second-order valence-corrected chi connectivity index (χ2v) is 4.56. The Labute approximate surface area is 127 Å². The standard InChI is InChI=1S/C15H13FN2O2.ClH/c1-20-11-5-6-12-13(8-11)18(15(19)14(12)17)10-4-2-3-9(16)7-10;/h2-8,14H,17H2,1H3;1H. The van der Waals surface area contributed by atoms with Gasteiger partial charge < -0.3 is 10.5 Å². The van der Waals surface area contributed by atoms with E-state index in [1.807, 2.05) is 0 Å². The van der Waals surface area contributed by atoms with Crippen molar-refractivity contribution < 1.29 is 13.9 Å². The number of ether oxygens (including phenoxy) is 1. The summed E-state index contributed by atoms with van der Waals surface area (Å²) < 4.78 is 18.5. The SMILES string of the molecule is COc1ccc2c(c1)N(c1cccc(F)c1)C(=O)C2N.Cl. The lowest BCUT2D eigenvalue weighted by atomic mass is 10.1. The van der Waals surface area contributed by atoms with Gasteiger partial charge in [-0.25, -0.2) is 4.39 Å². The van der Waals surface area contributed by atoms with Crippen LogP contribution in [0.15, 0.2) is 42.5 Å². The third-order valence-electron chi connectivity index (χ3n) is 3.37. The van der Waals surface area contributed by atoms with Crippen molar-refractivity contribution in [2.45, 2.75) is 6.04 Å². The van der Waals surface area contributed by atoms with E-state index in [4.69, 9.17) is 10.5 Å². The molecule has 0 aliphatic carbocycles.